The summed E-state index contributed by atoms with van der Waals surface area (Å²) in [6, 6.07) is 8.23. The van der Waals surface area contributed by atoms with Gasteiger partial charge in [-0.25, -0.2) is 4.98 Å². The van der Waals surface area contributed by atoms with Crippen LogP contribution >= 0.6 is 11.3 Å². The first kappa shape index (κ1) is 13.1. The molecule has 0 saturated carbocycles. The number of hydrogen-bond donors (Lipinski definition) is 1. The van der Waals surface area contributed by atoms with Crippen molar-refractivity contribution in [2.24, 2.45) is 0 Å². The Labute approximate surface area is 112 Å². The van der Waals surface area contributed by atoms with E-state index in [2.05, 4.69) is 22.4 Å². The van der Waals surface area contributed by atoms with E-state index in [1.165, 1.54) is 10.6 Å². The predicted molar refractivity (Wildman–Crippen MR) is 75.4 cm³/mol. The van der Waals surface area contributed by atoms with Gasteiger partial charge < -0.3 is 10.1 Å². The Hall–Kier alpha value is -1.39. The minimum Gasteiger partial charge on any atom is -0.497 e. The summed E-state index contributed by atoms with van der Waals surface area (Å²) < 4.78 is 5.13. The van der Waals surface area contributed by atoms with E-state index >= 15 is 0 Å². The van der Waals surface area contributed by atoms with Crippen molar-refractivity contribution in [2.45, 2.75) is 12.8 Å². The van der Waals surface area contributed by atoms with Crippen LogP contribution in [0.3, 0.4) is 0 Å². The van der Waals surface area contributed by atoms with Gasteiger partial charge in [0.2, 0.25) is 0 Å². The molecule has 96 valence electrons. The fourth-order valence-electron chi connectivity index (χ4n) is 1.72. The Morgan fingerprint density at radius 1 is 1.17 bits per heavy atom. The lowest BCUT2D eigenvalue weighted by molar-refractivity contribution is 0.414. The van der Waals surface area contributed by atoms with Crippen LogP contribution in [0.15, 0.2) is 35.8 Å². The molecule has 1 aromatic heterocycles. The van der Waals surface area contributed by atoms with Crippen LogP contribution in [0, 0.1) is 0 Å². The van der Waals surface area contributed by atoms with Gasteiger partial charge in [-0.05, 0) is 30.7 Å². The highest BCUT2D eigenvalue weighted by Crippen LogP contribution is 2.11. The molecule has 0 unspecified atom stereocenters. The number of hydrogen-bond acceptors (Lipinski definition) is 4. The van der Waals surface area contributed by atoms with Gasteiger partial charge in [-0.3, -0.25) is 0 Å². The van der Waals surface area contributed by atoms with E-state index in [9.17, 15) is 0 Å². The van der Waals surface area contributed by atoms with Crippen molar-refractivity contribution in [1.29, 1.82) is 0 Å². The maximum atomic E-state index is 5.13. The Kier molecular flexibility index (Phi) is 5.17. The molecule has 0 saturated heterocycles. The largest absolute Gasteiger partial charge is 0.497 e. The monoisotopic (exact) mass is 262 g/mol. The summed E-state index contributed by atoms with van der Waals surface area (Å²) in [5.41, 5.74) is 1.33. The SMILES string of the molecule is COc1ccc(CCNCCc2nccs2)cc1. The van der Waals surface area contributed by atoms with Gasteiger partial charge in [0, 0.05) is 24.5 Å². The Morgan fingerprint density at radius 3 is 2.61 bits per heavy atom. The van der Waals surface area contributed by atoms with Crippen LogP contribution in [0.1, 0.15) is 10.6 Å². The van der Waals surface area contributed by atoms with Gasteiger partial charge in [-0.2, -0.15) is 0 Å². The molecule has 0 fully saturated rings. The van der Waals surface area contributed by atoms with Crippen LogP contribution in [0.2, 0.25) is 0 Å². The average molecular weight is 262 g/mol. The summed E-state index contributed by atoms with van der Waals surface area (Å²) in [4.78, 5) is 4.26. The first-order valence-electron chi connectivity index (χ1n) is 6.10. The van der Waals surface area contributed by atoms with Crippen molar-refractivity contribution in [1.82, 2.24) is 10.3 Å². The molecule has 0 bridgehead atoms. The average Bonchev–Trinajstić information content (AvgIpc) is 2.92. The third-order valence-electron chi connectivity index (χ3n) is 2.75. The highest BCUT2D eigenvalue weighted by molar-refractivity contribution is 7.09. The number of ether oxygens (including phenoxy) is 1. The van der Waals surface area contributed by atoms with E-state index in [-0.39, 0.29) is 0 Å². The number of nitrogens with zero attached hydrogens (tertiary/aromatic N) is 1. The summed E-state index contributed by atoms with van der Waals surface area (Å²) in [6.45, 7) is 1.99. The van der Waals surface area contributed by atoms with Crippen molar-refractivity contribution in [2.75, 3.05) is 20.2 Å². The van der Waals surface area contributed by atoms with Crippen LogP contribution in [0.4, 0.5) is 0 Å². The van der Waals surface area contributed by atoms with Crippen molar-refractivity contribution in [3.05, 3.63) is 46.4 Å². The third kappa shape index (κ3) is 4.13. The quantitative estimate of drug-likeness (QED) is 0.779. The van der Waals surface area contributed by atoms with Crippen LogP contribution in [0.25, 0.3) is 0 Å². The van der Waals surface area contributed by atoms with Gasteiger partial charge in [-0.1, -0.05) is 12.1 Å². The zero-order valence-electron chi connectivity index (χ0n) is 10.6. The molecule has 0 radical (unpaired) electrons. The zero-order valence-corrected chi connectivity index (χ0v) is 11.4. The second kappa shape index (κ2) is 7.13. The van der Waals surface area contributed by atoms with E-state index in [0.29, 0.717) is 0 Å². The van der Waals surface area contributed by atoms with Crippen molar-refractivity contribution < 1.29 is 4.74 Å². The highest BCUT2D eigenvalue weighted by Gasteiger charge is 1.96. The summed E-state index contributed by atoms with van der Waals surface area (Å²) in [5, 5.41) is 6.66. The number of aromatic nitrogens is 1. The molecule has 1 heterocycles. The summed E-state index contributed by atoms with van der Waals surface area (Å²) >= 11 is 1.72. The van der Waals surface area contributed by atoms with Crippen LogP contribution in [-0.2, 0) is 12.8 Å². The van der Waals surface area contributed by atoms with Gasteiger partial charge in [0.25, 0.3) is 0 Å². The highest BCUT2D eigenvalue weighted by atomic mass is 32.1. The number of thiazole rings is 1. The van der Waals surface area contributed by atoms with Gasteiger partial charge in [0.1, 0.15) is 5.75 Å². The topological polar surface area (TPSA) is 34.1 Å². The van der Waals surface area contributed by atoms with Crippen molar-refractivity contribution in [3.8, 4) is 5.75 Å². The number of benzene rings is 1. The van der Waals surface area contributed by atoms with E-state index in [4.69, 9.17) is 4.74 Å². The molecule has 2 aromatic rings. The maximum absolute atomic E-state index is 5.13. The minimum atomic E-state index is 0.912. The second-order valence-electron chi connectivity index (χ2n) is 4.02. The van der Waals surface area contributed by atoms with Crippen LogP contribution in [-0.4, -0.2) is 25.2 Å². The molecule has 1 N–H and O–H groups in total. The van der Waals surface area contributed by atoms with Crippen LogP contribution < -0.4 is 10.1 Å². The third-order valence-corrected chi connectivity index (χ3v) is 3.59. The Morgan fingerprint density at radius 2 is 1.94 bits per heavy atom. The second-order valence-corrected chi connectivity index (χ2v) is 5.00. The molecule has 0 atom stereocenters. The molecule has 18 heavy (non-hydrogen) atoms. The van der Waals surface area contributed by atoms with E-state index in [1.807, 2.05) is 23.7 Å². The van der Waals surface area contributed by atoms with Gasteiger partial charge in [-0.15, -0.1) is 11.3 Å². The lowest BCUT2D eigenvalue weighted by Crippen LogP contribution is -2.20. The summed E-state index contributed by atoms with van der Waals surface area (Å²) in [5.74, 6) is 0.912. The molecule has 0 amide bonds. The van der Waals surface area contributed by atoms with E-state index in [0.717, 1.165) is 31.7 Å². The molecule has 1 aromatic carbocycles. The van der Waals surface area contributed by atoms with Crippen LogP contribution in [0.5, 0.6) is 5.75 Å². The molecule has 0 spiro atoms. The molecule has 2 rings (SSSR count). The molecule has 3 nitrogen and oxygen atoms in total. The number of nitrogens with one attached hydrogen (secondary N) is 1. The smallest absolute Gasteiger partial charge is 0.118 e. The molecule has 0 aliphatic heterocycles. The fourth-order valence-corrected chi connectivity index (χ4v) is 2.34. The van der Waals surface area contributed by atoms with Crippen molar-refractivity contribution in [3.63, 3.8) is 0 Å². The maximum Gasteiger partial charge on any atom is 0.118 e. The fraction of sp³-hybridized carbons (Fsp3) is 0.357. The molecule has 4 heteroatoms. The summed E-state index contributed by atoms with van der Waals surface area (Å²) in [7, 11) is 1.69. The lowest BCUT2D eigenvalue weighted by Gasteiger charge is -2.05. The molecular formula is C14H18N2OS. The zero-order chi connectivity index (χ0) is 12.6. The number of methoxy groups -OCH3 is 1. The Balaban J connectivity index is 1.62. The molecule has 0 aliphatic carbocycles. The van der Waals surface area contributed by atoms with Gasteiger partial charge >= 0.3 is 0 Å². The standard InChI is InChI=1S/C14H18N2OS/c1-17-13-4-2-12(3-5-13)6-8-15-9-7-14-16-10-11-18-14/h2-5,10-11,15H,6-9H2,1H3. The minimum absolute atomic E-state index is 0.912. The molecule has 0 aliphatic rings. The normalized spacial score (nSPS) is 10.5. The first-order chi connectivity index (χ1) is 8.88. The molecular weight excluding hydrogens is 244 g/mol. The van der Waals surface area contributed by atoms with E-state index < -0.39 is 0 Å². The lowest BCUT2D eigenvalue weighted by atomic mass is 10.1. The first-order valence-corrected chi connectivity index (χ1v) is 6.98. The Bertz CT molecular complexity index is 439. The predicted octanol–water partition coefficient (Wildman–Crippen LogP) is 2.53. The number of rotatable bonds is 7. The van der Waals surface area contributed by atoms with Gasteiger partial charge in [0.15, 0.2) is 0 Å². The van der Waals surface area contributed by atoms with E-state index in [1.54, 1.807) is 18.4 Å². The van der Waals surface area contributed by atoms with Crippen molar-refractivity contribution >= 4 is 11.3 Å². The van der Waals surface area contributed by atoms with Gasteiger partial charge in [0.05, 0.1) is 12.1 Å². The summed E-state index contributed by atoms with van der Waals surface area (Å²) in [6.07, 6.45) is 3.92.